The van der Waals surface area contributed by atoms with Gasteiger partial charge in [0.05, 0.1) is 12.6 Å². The molecule has 2 nitrogen and oxygen atoms in total. The molecule has 2 N–H and O–H groups in total. The van der Waals surface area contributed by atoms with Crippen molar-refractivity contribution in [2.24, 2.45) is 0 Å². The molecule has 0 radical (unpaired) electrons. The molecule has 0 saturated heterocycles. The Labute approximate surface area is 104 Å². The highest BCUT2D eigenvalue weighted by atomic mass is 16.3. The predicted octanol–water partition coefficient (Wildman–Crippen LogP) is 2.99. The van der Waals surface area contributed by atoms with Gasteiger partial charge in [-0.2, -0.15) is 0 Å². The molecule has 0 heterocycles. The van der Waals surface area contributed by atoms with Crippen molar-refractivity contribution in [3.8, 4) is 0 Å². The highest BCUT2D eigenvalue weighted by molar-refractivity contribution is 5.31. The summed E-state index contributed by atoms with van der Waals surface area (Å²) >= 11 is 0. The summed E-state index contributed by atoms with van der Waals surface area (Å²) in [7, 11) is 0. The average molecular weight is 233 g/mol. The molecule has 1 fully saturated rings. The van der Waals surface area contributed by atoms with E-state index in [1.165, 1.54) is 24.0 Å². The van der Waals surface area contributed by atoms with Gasteiger partial charge in [-0.15, -0.1) is 0 Å². The zero-order valence-corrected chi connectivity index (χ0v) is 10.8. The van der Waals surface area contributed by atoms with Crippen LogP contribution < -0.4 is 5.32 Å². The Balaban J connectivity index is 2.09. The molecule has 1 aliphatic carbocycles. The molecule has 0 amide bonds. The standard InChI is InChI=1S/C15H23NO/c1-3-11(2)16-15(10-17)14-6-4-5-13(9-14)12-7-8-12/h4-6,9,11-12,15-17H,3,7-8,10H2,1-2H3. The van der Waals surface area contributed by atoms with Crippen LogP contribution >= 0.6 is 0 Å². The largest absolute Gasteiger partial charge is 0.394 e. The van der Waals surface area contributed by atoms with Crippen LogP contribution in [0.1, 0.15) is 56.2 Å². The van der Waals surface area contributed by atoms with Crippen LogP contribution in [-0.2, 0) is 0 Å². The minimum Gasteiger partial charge on any atom is -0.394 e. The van der Waals surface area contributed by atoms with E-state index in [4.69, 9.17) is 0 Å². The maximum atomic E-state index is 9.51. The van der Waals surface area contributed by atoms with Crippen LogP contribution in [0, 0.1) is 0 Å². The van der Waals surface area contributed by atoms with E-state index in [9.17, 15) is 5.11 Å². The third-order valence-corrected chi connectivity index (χ3v) is 3.64. The second kappa shape index (κ2) is 5.65. The summed E-state index contributed by atoms with van der Waals surface area (Å²) < 4.78 is 0. The first-order valence-electron chi connectivity index (χ1n) is 6.71. The molecular weight excluding hydrogens is 210 g/mol. The Hall–Kier alpha value is -0.860. The van der Waals surface area contributed by atoms with Crippen LogP contribution in [0.5, 0.6) is 0 Å². The van der Waals surface area contributed by atoms with Crippen LogP contribution in [0.2, 0.25) is 0 Å². The van der Waals surface area contributed by atoms with Crippen molar-refractivity contribution in [3.63, 3.8) is 0 Å². The van der Waals surface area contributed by atoms with Gasteiger partial charge >= 0.3 is 0 Å². The molecule has 0 bridgehead atoms. The molecule has 0 spiro atoms. The Morgan fingerprint density at radius 1 is 1.41 bits per heavy atom. The molecule has 17 heavy (non-hydrogen) atoms. The SMILES string of the molecule is CCC(C)NC(CO)c1cccc(C2CC2)c1. The van der Waals surface area contributed by atoms with E-state index in [1.807, 2.05) is 0 Å². The number of hydrogen-bond donors (Lipinski definition) is 2. The minimum atomic E-state index is 0.0728. The quantitative estimate of drug-likeness (QED) is 0.791. The van der Waals surface area contributed by atoms with Gasteiger partial charge < -0.3 is 10.4 Å². The van der Waals surface area contributed by atoms with Crippen LogP contribution in [-0.4, -0.2) is 17.8 Å². The Kier molecular flexibility index (Phi) is 4.19. The van der Waals surface area contributed by atoms with Gasteiger partial charge in [0, 0.05) is 6.04 Å². The Morgan fingerprint density at radius 2 is 2.18 bits per heavy atom. The first-order chi connectivity index (χ1) is 8.24. The molecule has 1 aliphatic rings. The highest BCUT2D eigenvalue weighted by Gasteiger charge is 2.24. The van der Waals surface area contributed by atoms with Crippen LogP contribution in [0.4, 0.5) is 0 Å². The number of benzene rings is 1. The Morgan fingerprint density at radius 3 is 2.76 bits per heavy atom. The normalized spacial score (nSPS) is 19.0. The van der Waals surface area contributed by atoms with E-state index >= 15 is 0 Å². The number of aliphatic hydroxyl groups is 1. The maximum absolute atomic E-state index is 9.51. The Bertz CT molecular complexity index is 360. The van der Waals surface area contributed by atoms with Crippen molar-refractivity contribution in [1.82, 2.24) is 5.32 Å². The molecule has 2 atom stereocenters. The molecule has 2 unspecified atom stereocenters. The van der Waals surface area contributed by atoms with Crippen molar-refractivity contribution in [3.05, 3.63) is 35.4 Å². The molecule has 0 aliphatic heterocycles. The van der Waals surface area contributed by atoms with Gasteiger partial charge in [-0.1, -0.05) is 31.2 Å². The van der Waals surface area contributed by atoms with E-state index in [2.05, 4.69) is 43.4 Å². The summed E-state index contributed by atoms with van der Waals surface area (Å²) in [4.78, 5) is 0. The third-order valence-electron chi connectivity index (χ3n) is 3.64. The van der Waals surface area contributed by atoms with E-state index < -0.39 is 0 Å². The van der Waals surface area contributed by atoms with Crippen LogP contribution in [0.3, 0.4) is 0 Å². The van der Waals surface area contributed by atoms with E-state index in [0.29, 0.717) is 6.04 Å². The van der Waals surface area contributed by atoms with Crippen LogP contribution in [0.15, 0.2) is 24.3 Å². The first-order valence-corrected chi connectivity index (χ1v) is 6.71. The second-order valence-electron chi connectivity index (χ2n) is 5.16. The summed E-state index contributed by atoms with van der Waals surface area (Å²) in [5, 5.41) is 13.0. The van der Waals surface area contributed by atoms with Crippen molar-refractivity contribution in [2.45, 2.75) is 51.1 Å². The monoisotopic (exact) mass is 233 g/mol. The summed E-state index contributed by atoms with van der Waals surface area (Å²) in [5.41, 5.74) is 2.66. The number of rotatable bonds is 6. The number of aliphatic hydroxyl groups excluding tert-OH is 1. The fourth-order valence-electron chi connectivity index (χ4n) is 2.16. The third kappa shape index (κ3) is 3.30. The van der Waals surface area contributed by atoms with Gasteiger partial charge in [0.1, 0.15) is 0 Å². The van der Waals surface area contributed by atoms with Crippen molar-refractivity contribution >= 4 is 0 Å². The molecule has 1 aromatic rings. The lowest BCUT2D eigenvalue weighted by Gasteiger charge is -2.21. The lowest BCUT2D eigenvalue weighted by Crippen LogP contribution is -2.32. The first kappa shape index (κ1) is 12.6. The zero-order chi connectivity index (χ0) is 12.3. The van der Waals surface area contributed by atoms with Crippen molar-refractivity contribution in [1.29, 1.82) is 0 Å². The average Bonchev–Trinajstić information content (AvgIpc) is 3.20. The predicted molar refractivity (Wildman–Crippen MR) is 71.1 cm³/mol. The molecule has 2 heteroatoms. The van der Waals surface area contributed by atoms with Gasteiger partial charge in [-0.05, 0) is 43.2 Å². The summed E-state index contributed by atoms with van der Waals surface area (Å²) in [5.74, 6) is 0.776. The molecule has 1 aromatic carbocycles. The van der Waals surface area contributed by atoms with Gasteiger partial charge in [0.2, 0.25) is 0 Å². The van der Waals surface area contributed by atoms with Crippen LogP contribution in [0.25, 0.3) is 0 Å². The van der Waals surface area contributed by atoms with Gasteiger partial charge in [0.25, 0.3) is 0 Å². The molecule has 1 saturated carbocycles. The van der Waals surface area contributed by atoms with Crippen molar-refractivity contribution in [2.75, 3.05) is 6.61 Å². The van der Waals surface area contributed by atoms with E-state index in [-0.39, 0.29) is 12.6 Å². The highest BCUT2D eigenvalue weighted by Crippen LogP contribution is 2.40. The lowest BCUT2D eigenvalue weighted by atomic mass is 10.0. The van der Waals surface area contributed by atoms with Gasteiger partial charge in [-0.25, -0.2) is 0 Å². The maximum Gasteiger partial charge on any atom is 0.0626 e. The molecule has 2 rings (SSSR count). The summed E-state index contributed by atoms with van der Waals surface area (Å²) in [6, 6.07) is 9.21. The fraction of sp³-hybridized carbons (Fsp3) is 0.600. The van der Waals surface area contributed by atoms with E-state index in [1.54, 1.807) is 0 Å². The number of hydrogen-bond acceptors (Lipinski definition) is 2. The van der Waals surface area contributed by atoms with Gasteiger partial charge in [-0.3, -0.25) is 0 Å². The fourth-order valence-corrected chi connectivity index (χ4v) is 2.16. The molecule has 94 valence electrons. The molecular formula is C15H23NO. The molecule has 0 aromatic heterocycles. The minimum absolute atomic E-state index is 0.0728. The smallest absolute Gasteiger partial charge is 0.0626 e. The number of nitrogens with one attached hydrogen (secondary N) is 1. The van der Waals surface area contributed by atoms with Crippen molar-refractivity contribution < 1.29 is 5.11 Å². The topological polar surface area (TPSA) is 32.3 Å². The second-order valence-corrected chi connectivity index (χ2v) is 5.16. The lowest BCUT2D eigenvalue weighted by molar-refractivity contribution is 0.234. The zero-order valence-electron chi connectivity index (χ0n) is 10.8. The summed E-state index contributed by atoms with van der Waals surface area (Å²) in [6.07, 6.45) is 3.73. The van der Waals surface area contributed by atoms with Gasteiger partial charge in [0.15, 0.2) is 0 Å². The van der Waals surface area contributed by atoms with E-state index in [0.717, 1.165) is 12.3 Å². The summed E-state index contributed by atoms with van der Waals surface area (Å²) in [6.45, 7) is 4.48.